The van der Waals surface area contributed by atoms with Gasteiger partial charge in [-0.25, -0.2) is 0 Å². The van der Waals surface area contributed by atoms with E-state index >= 15 is 0 Å². The average Bonchev–Trinajstić information content (AvgIpc) is 2.96. The zero-order valence-corrected chi connectivity index (χ0v) is 14.6. The van der Waals surface area contributed by atoms with Crippen molar-refractivity contribution in [2.45, 2.75) is 18.2 Å². The lowest BCUT2D eigenvalue weighted by Crippen LogP contribution is -2.39. The number of rotatable bonds is 4. The number of nitrogens with one attached hydrogen (secondary N) is 1. The number of amides is 2. The summed E-state index contributed by atoms with van der Waals surface area (Å²) in [6.45, 7) is 3.15. The van der Waals surface area contributed by atoms with Crippen LogP contribution in [0.5, 0.6) is 0 Å². The first-order valence-corrected chi connectivity index (χ1v) is 9.00. The molecule has 1 aromatic rings. The first-order valence-electron chi connectivity index (χ1n) is 7.75. The van der Waals surface area contributed by atoms with Crippen LogP contribution in [0.1, 0.15) is 12.0 Å². The minimum atomic E-state index is -0.437. The zero-order chi connectivity index (χ0) is 16.9. The van der Waals surface area contributed by atoms with Crippen molar-refractivity contribution >= 4 is 40.3 Å². The van der Waals surface area contributed by atoms with E-state index in [-0.39, 0.29) is 18.2 Å². The van der Waals surface area contributed by atoms with E-state index < -0.39 is 5.25 Å². The van der Waals surface area contributed by atoms with Crippen LogP contribution in [0.25, 0.3) is 0 Å². The molecule has 2 heterocycles. The largest absolute Gasteiger partial charge is 0.378 e. The van der Waals surface area contributed by atoms with E-state index in [1.54, 1.807) is 12.1 Å². The lowest BCUT2D eigenvalue weighted by molar-refractivity contribution is -0.124. The number of carbonyl (C=O) groups excluding carboxylic acids is 2. The van der Waals surface area contributed by atoms with Gasteiger partial charge in [0.15, 0.2) is 5.17 Å². The van der Waals surface area contributed by atoms with Gasteiger partial charge in [0.2, 0.25) is 5.91 Å². The Kier molecular flexibility index (Phi) is 5.76. The Morgan fingerprint density at radius 2 is 2.04 bits per heavy atom. The van der Waals surface area contributed by atoms with Gasteiger partial charge in [0.25, 0.3) is 5.91 Å². The van der Waals surface area contributed by atoms with Crippen molar-refractivity contribution in [3.8, 4) is 0 Å². The first-order chi connectivity index (χ1) is 11.6. The summed E-state index contributed by atoms with van der Waals surface area (Å²) in [6, 6.07) is 7.28. The second-order valence-electron chi connectivity index (χ2n) is 5.55. The predicted octanol–water partition coefficient (Wildman–Crippen LogP) is 1.68. The highest BCUT2D eigenvalue weighted by atomic mass is 35.5. The number of amidine groups is 1. The predicted molar refractivity (Wildman–Crippen MR) is 94.1 cm³/mol. The molecule has 0 bridgehead atoms. The number of hydrogen-bond donors (Lipinski definition) is 1. The summed E-state index contributed by atoms with van der Waals surface area (Å²) < 4.78 is 5.30. The van der Waals surface area contributed by atoms with Crippen LogP contribution in [0.4, 0.5) is 0 Å². The lowest BCUT2D eigenvalue weighted by atomic mass is 10.2. The number of nitrogens with zero attached hydrogens (tertiary/aromatic N) is 2. The monoisotopic (exact) mass is 367 g/mol. The fraction of sp³-hybridized carbons (Fsp3) is 0.438. The molecule has 3 rings (SSSR count). The van der Waals surface area contributed by atoms with E-state index in [0.29, 0.717) is 29.9 Å². The Morgan fingerprint density at radius 3 is 2.75 bits per heavy atom. The maximum atomic E-state index is 12.1. The molecule has 1 N–H and O–H groups in total. The Labute approximate surface area is 149 Å². The number of hydrogen-bond acceptors (Lipinski definition) is 5. The third-order valence-electron chi connectivity index (χ3n) is 3.78. The SMILES string of the molecule is O=C(CC1SC(N2CCOCC2)=NC1=O)NCc1ccc(Cl)cc1. The molecule has 0 aliphatic carbocycles. The van der Waals surface area contributed by atoms with Crippen LogP contribution in [-0.2, 0) is 20.9 Å². The molecule has 6 nitrogen and oxygen atoms in total. The Bertz CT molecular complexity index is 644. The molecular formula is C16H18ClN3O3S. The summed E-state index contributed by atoms with van der Waals surface area (Å²) in [5, 5.41) is 3.76. The van der Waals surface area contributed by atoms with Gasteiger partial charge in [0, 0.05) is 31.1 Å². The Hall–Kier alpha value is -1.57. The molecule has 2 aliphatic rings. The quantitative estimate of drug-likeness (QED) is 0.876. The van der Waals surface area contributed by atoms with Crippen LogP contribution in [0.2, 0.25) is 5.02 Å². The molecule has 2 aliphatic heterocycles. The summed E-state index contributed by atoms with van der Waals surface area (Å²) in [5.74, 6) is -0.391. The van der Waals surface area contributed by atoms with Crippen molar-refractivity contribution in [1.82, 2.24) is 10.2 Å². The van der Waals surface area contributed by atoms with Gasteiger partial charge in [-0.05, 0) is 17.7 Å². The third kappa shape index (κ3) is 4.49. The van der Waals surface area contributed by atoms with Gasteiger partial charge in [-0.1, -0.05) is 35.5 Å². The highest BCUT2D eigenvalue weighted by Crippen LogP contribution is 2.27. The number of benzene rings is 1. The number of aliphatic imine (C=N–C) groups is 1. The maximum absolute atomic E-state index is 12.1. The van der Waals surface area contributed by atoms with Crippen molar-refractivity contribution in [3.63, 3.8) is 0 Å². The summed E-state index contributed by atoms with van der Waals surface area (Å²) in [6.07, 6.45) is 0.133. The summed E-state index contributed by atoms with van der Waals surface area (Å²) >= 11 is 7.20. The molecule has 8 heteroatoms. The summed E-state index contributed by atoms with van der Waals surface area (Å²) in [7, 11) is 0. The normalized spacial score (nSPS) is 20.9. The fourth-order valence-corrected chi connectivity index (χ4v) is 3.69. The molecular weight excluding hydrogens is 350 g/mol. The van der Waals surface area contributed by atoms with Crippen LogP contribution in [0.15, 0.2) is 29.3 Å². The smallest absolute Gasteiger partial charge is 0.262 e. The Morgan fingerprint density at radius 1 is 1.33 bits per heavy atom. The van der Waals surface area contributed by atoms with Gasteiger partial charge < -0.3 is 15.0 Å². The van der Waals surface area contributed by atoms with Crippen molar-refractivity contribution in [1.29, 1.82) is 0 Å². The molecule has 128 valence electrons. The van der Waals surface area contributed by atoms with Crippen LogP contribution in [0.3, 0.4) is 0 Å². The molecule has 1 aromatic carbocycles. The minimum Gasteiger partial charge on any atom is -0.378 e. The molecule has 1 atom stereocenters. The molecule has 0 saturated carbocycles. The minimum absolute atomic E-state index is 0.133. The summed E-state index contributed by atoms with van der Waals surface area (Å²) in [4.78, 5) is 30.2. The third-order valence-corrected chi connectivity index (χ3v) is 5.25. The Balaban J connectivity index is 1.46. The van der Waals surface area contributed by atoms with Crippen LogP contribution < -0.4 is 5.32 Å². The number of morpholine rings is 1. The maximum Gasteiger partial charge on any atom is 0.262 e. The van der Waals surface area contributed by atoms with E-state index in [4.69, 9.17) is 16.3 Å². The lowest BCUT2D eigenvalue weighted by Gasteiger charge is -2.27. The average molecular weight is 368 g/mol. The number of carbonyl (C=O) groups is 2. The molecule has 0 radical (unpaired) electrons. The molecule has 1 unspecified atom stereocenters. The highest BCUT2D eigenvalue weighted by Gasteiger charge is 2.33. The fourth-order valence-electron chi connectivity index (χ4n) is 2.44. The van der Waals surface area contributed by atoms with Gasteiger partial charge in [0.05, 0.1) is 13.2 Å². The molecule has 0 spiro atoms. The van der Waals surface area contributed by atoms with Gasteiger partial charge in [-0.2, -0.15) is 4.99 Å². The standard InChI is InChI=1S/C16H18ClN3O3S/c17-12-3-1-11(2-4-12)10-18-14(21)9-13-15(22)19-16(24-13)20-5-7-23-8-6-20/h1-4,13H,5-10H2,(H,18,21). The molecule has 1 fully saturated rings. The van der Waals surface area contributed by atoms with Crippen molar-refractivity contribution < 1.29 is 14.3 Å². The van der Waals surface area contributed by atoms with E-state index in [9.17, 15) is 9.59 Å². The van der Waals surface area contributed by atoms with Crippen LogP contribution >= 0.6 is 23.4 Å². The first kappa shape index (κ1) is 17.3. The van der Waals surface area contributed by atoms with E-state index in [1.165, 1.54) is 11.8 Å². The summed E-state index contributed by atoms with van der Waals surface area (Å²) in [5.41, 5.74) is 0.961. The van der Waals surface area contributed by atoms with Gasteiger partial charge in [-0.15, -0.1) is 0 Å². The van der Waals surface area contributed by atoms with Crippen molar-refractivity contribution in [2.75, 3.05) is 26.3 Å². The highest BCUT2D eigenvalue weighted by molar-refractivity contribution is 8.15. The molecule has 24 heavy (non-hydrogen) atoms. The van der Waals surface area contributed by atoms with E-state index in [2.05, 4.69) is 10.3 Å². The molecule has 2 amide bonds. The van der Waals surface area contributed by atoms with Crippen LogP contribution in [-0.4, -0.2) is 53.4 Å². The van der Waals surface area contributed by atoms with E-state index in [1.807, 2.05) is 17.0 Å². The number of ether oxygens (including phenoxy) is 1. The van der Waals surface area contributed by atoms with Crippen LogP contribution in [0, 0.1) is 0 Å². The van der Waals surface area contributed by atoms with Gasteiger partial charge in [0.1, 0.15) is 5.25 Å². The van der Waals surface area contributed by atoms with Crippen molar-refractivity contribution in [3.05, 3.63) is 34.9 Å². The molecule has 0 aromatic heterocycles. The number of thioether (sulfide) groups is 1. The second-order valence-corrected chi connectivity index (χ2v) is 7.15. The number of halogens is 1. The van der Waals surface area contributed by atoms with Gasteiger partial charge >= 0.3 is 0 Å². The van der Waals surface area contributed by atoms with E-state index in [0.717, 1.165) is 18.7 Å². The molecule has 1 saturated heterocycles. The zero-order valence-electron chi connectivity index (χ0n) is 13.0. The topological polar surface area (TPSA) is 71.0 Å². The second kappa shape index (κ2) is 8.00. The van der Waals surface area contributed by atoms with Gasteiger partial charge in [-0.3, -0.25) is 9.59 Å². The van der Waals surface area contributed by atoms with Crippen molar-refractivity contribution in [2.24, 2.45) is 4.99 Å².